The number of hydrogen-bond donors (Lipinski definition) is 2. The van der Waals surface area contributed by atoms with Gasteiger partial charge >= 0.3 is 5.97 Å². The van der Waals surface area contributed by atoms with Gasteiger partial charge in [0.05, 0.1) is 11.9 Å². The summed E-state index contributed by atoms with van der Waals surface area (Å²) in [5.41, 5.74) is 3.99. The fourth-order valence-electron chi connectivity index (χ4n) is 2.08. The maximum Gasteiger partial charge on any atom is 0.307 e. The fourth-order valence-corrected chi connectivity index (χ4v) is 2.68. The largest absolute Gasteiger partial charge is 0.481 e. The van der Waals surface area contributed by atoms with Gasteiger partial charge in [0, 0.05) is 15.6 Å². The third-order valence-electron chi connectivity index (χ3n) is 2.98. The molecule has 0 bridgehead atoms. The molecule has 1 aromatic carbocycles. The van der Waals surface area contributed by atoms with E-state index in [-0.39, 0.29) is 6.42 Å². The Labute approximate surface area is 108 Å². The molecule has 0 radical (unpaired) electrons. The molecule has 2 aromatic rings. The summed E-state index contributed by atoms with van der Waals surface area (Å²) in [4.78, 5) is 14.1. The number of benzene rings is 1. The van der Waals surface area contributed by atoms with Gasteiger partial charge in [-0.05, 0) is 52.5 Å². The molecular weight excluding hydrogens is 282 g/mol. The molecule has 0 spiro atoms. The lowest BCUT2D eigenvalue weighted by atomic mass is 10.0. The summed E-state index contributed by atoms with van der Waals surface area (Å²) >= 11 is 3.52. The maximum atomic E-state index is 10.9. The van der Waals surface area contributed by atoms with Gasteiger partial charge in [-0.3, -0.25) is 4.79 Å². The zero-order valence-corrected chi connectivity index (χ0v) is 11.4. The molecule has 0 aliphatic heterocycles. The molecule has 90 valence electrons. The van der Waals surface area contributed by atoms with Crippen LogP contribution in [0.4, 0.5) is 0 Å². The van der Waals surface area contributed by atoms with E-state index >= 15 is 0 Å². The topological polar surface area (TPSA) is 53.1 Å². The van der Waals surface area contributed by atoms with Gasteiger partial charge in [-0.1, -0.05) is 6.92 Å². The van der Waals surface area contributed by atoms with Crippen molar-refractivity contribution < 1.29 is 9.90 Å². The first-order valence-electron chi connectivity index (χ1n) is 5.54. The van der Waals surface area contributed by atoms with Crippen molar-refractivity contribution in [3.63, 3.8) is 0 Å². The SMILES string of the molecule is CCc1cc(Br)c2[nH]c(C)c(CC(=O)O)c2c1. The number of hydrogen-bond acceptors (Lipinski definition) is 1. The third kappa shape index (κ3) is 2.22. The Kier molecular flexibility index (Phi) is 3.24. The van der Waals surface area contributed by atoms with Crippen molar-refractivity contribution in [3.05, 3.63) is 33.4 Å². The number of aromatic nitrogens is 1. The molecule has 0 unspecified atom stereocenters. The zero-order chi connectivity index (χ0) is 12.6. The highest BCUT2D eigenvalue weighted by Crippen LogP contribution is 2.30. The second kappa shape index (κ2) is 4.53. The predicted octanol–water partition coefficient (Wildman–Crippen LogP) is 3.43. The normalized spacial score (nSPS) is 11.0. The highest BCUT2D eigenvalue weighted by molar-refractivity contribution is 9.10. The van der Waals surface area contributed by atoms with Crippen LogP contribution in [0.1, 0.15) is 23.7 Å². The van der Waals surface area contributed by atoms with Crippen molar-refractivity contribution in [2.24, 2.45) is 0 Å². The highest BCUT2D eigenvalue weighted by atomic mass is 79.9. The first-order chi connectivity index (χ1) is 8.02. The molecule has 0 atom stereocenters. The minimum atomic E-state index is -0.799. The summed E-state index contributed by atoms with van der Waals surface area (Å²) in [7, 11) is 0. The summed E-state index contributed by atoms with van der Waals surface area (Å²) in [6.07, 6.45) is 0.997. The van der Waals surface area contributed by atoms with Crippen LogP contribution in [0.25, 0.3) is 10.9 Å². The van der Waals surface area contributed by atoms with E-state index < -0.39 is 5.97 Å². The lowest BCUT2D eigenvalue weighted by Gasteiger charge is -2.02. The van der Waals surface area contributed by atoms with Crippen molar-refractivity contribution >= 4 is 32.8 Å². The van der Waals surface area contributed by atoms with Gasteiger partial charge in [-0.2, -0.15) is 0 Å². The lowest BCUT2D eigenvalue weighted by Crippen LogP contribution is -2.00. The summed E-state index contributed by atoms with van der Waals surface area (Å²) < 4.78 is 0.992. The molecule has 4 heteroatoms. The van der Waals surface area contributed by atoms with E-state index in [1.54, 1.807) is 0 Å². The van der Waals surface area contributed by atoms with Crippen molar-refractivity contribution in [2.75, 3.05) is 0 Å². The van der Waals surface area contributed by atoms with E-state index in [0.29, 0.717) is 0 Å². The summed E-state index contributed by atoms with van der Waals surface area (Å²) in [6, 6.07) is 4.14. The van der Waals surface area contributed by atoms with E-state index in [9.17, 15) is 4.79 Å². The predicted molar refractivity (Wildman–Crippen MR) is 71.5 cm³/mol. The van der Waals surface area contributed by atoms with E-state index in [0.717, 1.165) is 33.1 Å². The van der Waals surface area contributed by atoms with Crippen LogP contribution in [0.15, 0.2) is 16.6 Å². The van der Waals surface area contributed by atoms with Crippen molar-refractivity contribution in [3.8, 4) is 0 Å². The molecule has 0 saturated heterocycles. The highest BCUT2D eigenvalue weighted by Gasteiger charge is 2.14. The van der Waals surface area contributed by atoms with E-state index in [1.807, 2.05) is 6.92 Å². The van der Waals surface area contributed by atoms with Crippen LogP contribution in [-0.2, 0) is 17.6 Å². The molecule has 0 aliphatic rings. The summed E-state index contributed by atoms with van der Waals surface area (Å²) in [5.74, 6) is -0.799. The minimum Gasteiger partial charge on any atom is -0.481 e. The molecule has 2 rings (SSSR count). The Hall–Kier alpha value is -1.29. The second-order valence-electron chi connectivity index (χ2n) is 4.15. The molecular formula is C13H14BrNO2. The smallest absolute Gasteiger partial charge is 0.307 e. The number of aromatic amines is 1. The monoisotopic (exact) mass is 295 g/mol. The lowest BCUT2D eigenvalue weighted by molar-refractivity contribution is -0.136. The number of carboxylic acids is 1. The molecule has 1 aromatic heterocycles. The number of carbonyl (C=O) groups is 1. The maximum absolute atomic E-state index is 10.9. The molecule has 17 heavy (non-hydrogen) atoms. The van der Waals surface area contributed by atoms with Crippen molar-refractivity contribution in [1.29, 1.82) is 0 Å². The van der Waals surface area contributed by atoms with E-state index in [1.165, 1.54) is 5.56 Å². The Morgan fingerprint density at radius 3 is 2.76 bits per heavy atom. The number of halogens is 1. The van der Waals surface area contributed by atoms with Crippen molar-refractivity contribution in [2.45, 2.75) is 26.7 Å². The summed E-state index contributed by atoms with van der Waals surface area (Å²) in [6.45, 7) is 4.00. The number of nitrogens with one attached hydrogen (secondary N) is 1. The molecule has 0 amide bonds. The fraction of sp³-hybridized carbons (Fsp3) is 0.308. The zero-order valence-electron chi connectivity index (χ0n) is 9.80. The van der Waals surface area contributed by atoms with Crippen LogP contribution >= 0.6 is 15.9 Å². The average Bonchev–Trinajstić information content (AvgIpc) is 2.56. The molecule has 0 fully saturated rings. The molecule has 0 aliphatic carbocycles. The summed E-state index contributed by atoms with van der Waals surface area (Å²) in [5, 5.41) is 9.95. The van der Waals surface area contributed by atoms with Gasteiger partial charge in [0.1, 0.15) is 0 Å². The van der Waals surface area contributed by atoms with Crippen LogP contribution < -0.4 is 0 Å². The number of aliphatic carboxylic acids is 1. The second-order valence-corrected chi connectivity index (χ2v) is 5.01. The van der Waals surface area contributed by atoms with Gasteiger partial charge in [0.15, 0.2) is 0 Å². The standard InChI is InChI=1S/C13H14BrNO2/c1-3-8-4-10-9(6-12(16)17)7(2)15-13(10)11(14)5-8/h4-5,15H,3,6H2,1-2H3,(H,16,17). The number of carboxylic acid groups (broad SMARTS) is 1. The third-order valence-corrected chi connectivity index (χ3v) is 3.60. The number of H-pyrrole nitrogens is 1. The van der Waals surface area contributed by atoms with Gasteiger partial charge in [-0.15, -0.1) is 0 Å². The van der Waals surface area contributed by atoms with Gasteiger partial charge in [0.25, 0.3) is 0 Å². The number of aryl methyl sites for hydroxylation is 2. The van der Waals surface area contributed by atoms with Crippen LogP contribution in [0.2, 0.25) is 0 Å². The van der Waals surface area contributed by atoms with Crippen LogP contribution in [0, 0.1) is 6.92 Å². The first-order valence-corrected chi connectivity index (χ1v) is 6.33. The average molecular weight is 296 g/mol. The van der Waals surface area contributed by atoms with Gasteiger partial charge in [0.2, 0.25) is 0 Å². The number of rotatable bonds is 3. The van der Waals surface area contributed by atoms with E-state index in [2.05, 4.69) is 40.0 Å². The van der Waals surface area contributed by atoms with Gasteiger partial charge < -0.3 is 10.1 Å². The van der Waals surface area contributed by atoms with Crippen LogP contribution in [0.5, 0.6) is 0 Å². The quantitative estimate of drug-likeness (QED) is 0.911. The van der Waals surface area contributed by atoms with Crippen LogP contribution in [-0.4, -0.2) is 16.1 Å². The van der Waals surface area contributed by atoms with Crippen LogP contribution in [0.3, 0.4) is 0 Å². The Morgan fingerprint density at radius 1 is 1.47 bits per heavy atom. The first kappa shape index (κ1) is 12.2. The molecule has 2 N–H and O–H groups in total. The Morgan fingerprint density at radius 2 is 2.18 bits per heavy atom. The van der Waals surface area contributed by atoms with Gasteiger partial charge in [-0.25, -0.2) is 0 Å². The Bertz CT molecular complexity index is 587. The number of fused-ring (bicyclic) bond motifs is 1. The Balaban J connectivity index is 2.70. The van der Waals surface area contributed by atoms with Crippen molar-refractivity contribution in [1.82, 2.24) is 4.98 Å². The minimum absolute atomic E-state index is 0.0610. The molecule has 3 nitrogen and oxygen atoms in total. The molecule has 0 saturated carbocycles. The molecule has 1 heterocycles. The van der Waals surface area contributed by atoms with E-state index in [4.69, 9.17) is 5.11 Å².